The molecule has 248 valence electrons. The highest BCUT2D eigenvalue weighted by Crippen LogP contribution is 2.42. The van der Waals surface area contributed by atoms with Crippen molar-refractivity contribution in [3.63, 3.8) is 0 Å². The number of nitrogens with zero attached hydrogens (tertiary/aromatic N) is 5. The molecule has 0 spiro atoms. The van der Waals surface area contributed by atoms with Crippen molar-refractivity contribution < 1.29 is 32.3 Å². The van der Waals surface area contributed by atoms with Gasteiger partial charge in [0.15, 0.2) is 17.5 Å². The third-order valence-electron chi connectivity index (χ3n) is 9.44. The van der Waals surface area contributed by atoms with E-state index in [1.54, 1.807) is 19.2 Å². The highest BCUT2D eigenvalue weighted by atomic mass is 19.2. The number of rotatable bonds is 9. The number of likely N-dealkylation sites (tertiary alicyclic amines) is 1. The van der Waals surface area contributed by atoms with Gasteiger partial charge in [-0.1, -0.05) is 6.58 Å². The molecule has 4 aliphatic rings. The summed E-state index contributed by atoms with van der Waals surface area (Å²) in [5, 5.41) is 7.41. The third-order valence-corrected chi connectivity index (χ3v) is 9.44. The van der Waals surface area contributed by atoms with Gasteiger partial charge in [-0.15, -0.1) is 0 Å². The number of ether oxygens (including phenoxy) is 2. The van der Waals surface area contributed by atoms with E-state index in [2.05, 4.69) is 37.0 Å². The molecule has 0 unspecified atom stereocenters. The van der Waals surface area contributed by atoms with E-state index in [-0.39, 0.29) is 24.8 Å². The van der Waals surface area contributed by atoms with E-state index in [4.69, 9.17) is 14.3 Å². The Labute approximate surface area is 270 Å². The zero-order chi connectivity index (χ0) is 32.7. The van der Waals surface area contributed by atoms with Crippen LogP contribution in [0.1, 0.15) is 37.3 Å². The number of halogens is 3. The highest BCUT2D eigenvalue weighted by Gasteiger charge is 2.43. The summed E-state index contributed by atoms with van der Waals surface area (Å²) >= 11 is 0. The lowest BCUT2D eigenvalue weighted by molar-refractivity contribution is -0.111. The highest BCUT2D eigenvalue weighted by molar-refractivity contribution is 6.02. The molecule has 3 aromatic rings. The fourth-order valence-corrected chi connectivity index (χ4v) is 7.18. The summed E-state index contributed by atoms with van der Waals surface area (Å²) in [7, 11) is 1.55. The van der Waals surface area contributed by atoms with Gasteiger partial charge >= 0.3 is 0 Å². The monoisotopic (exact) mass is 651 g/mol. The SMILES string of the molecule is C=CC(=O)Nc1cc(Nc2cc(N3OCC[C@@H]3c3c(F)ccc(F)c3F)ncn2)c(OC)cc1N1CCC(N2C[C@H]3C[C@@H]2CO3)CC1. The van der Waals surface area contributed by atoms with E-state index in [1.165, 1.54) is 17.5 Å². The second-order valence-corrected chi connectivity index (χ2v) is 12.1. The number of morpholine rings is 1. The van der Waals surface area contributed by atoms with E-state index in [1.807, 2.05) is 6.07 Å². The van der Waals surface area contributed by atoms with Crippen molar-refractivity contribution in [3.05, 3.63) is 72.3 Å². The zero-order valence-corrected chi connectivity index (χ0v) is 25.9. The van der Waals surface area contributed by atoms with Crippen LogP contribution < -0.4 is 25.3 Å². The van der Waals surface area contributed by atoms with Gasteiger partial charge in [-0.05, 0) is 43.5 Å². The number of aromatic nitrogens is 2. The van der Waals surface area contributed by atoms with Gasteiger partial charge in [-0.25, -0.2) is 28.2 Å². The molecule has 1 aromatic heterocycles. The summed E-state index contributed by atoms with van der Waals surface area (Å²) in [5.74, 6) is -2.61. The zero-order valence-electron chi connectivity index (χ0n) is 25.9. The van der Waals surface area contributed by atoms with Gasteiger partial charge in [0, 0.05) is 50.3 Å². The Morgan fingerprint density at radius 2 is 1.87 bits per heavy atom. The minimum absolute atomic E-state index is 0.152. The first kappa shape index (κ1) is 31.2. The van der Waals surface area contributed by atoms with E-state index in [0.717, 1.165) is 63.3 Å². The molecule has 14 heteroatoms. The van der Waals surface area contributed by atoms with Crippen molar-refractivity contribution in [1.29, 1.82) is 0 Å². The molecule has 1 amide bonds. The number of fused-ring (bicyclic) bond motifs is 2. The van der Waals surface area contributed by atoms with Gasteiger partial charge < -0.3 is 25.0 Å². The molecule has 2 bridgehead atoms. The van der Waals surface area contributed by atoms with E-state index < -0.39 is 29.1 Å². The van der Waals surface area contributed by atoms with Gasteiger partial charge in [-0.3, -0.25) is 14.5 Å². The van der Waals surface area contributed by atoms with E-state index in [9.17, 15) is 18.0 Å². The Hall–Kier alpha value is -4.40. The van der Waals surface area contributed by atoms with Gasteiger partial charge in [0.05, 0.1) is 55.1 Å². The predicted molar refractivity (Wildman–Crippen MR) is 169 cm³/mol. The molecular formula is C33H36F3N7O4. The fourth-order valence-electron chi connectivity index (χ4n) is 7.18. The number of methoxy groups -OCH3 is 1. The van der Waals surface area contributed by atoms with Crippen LogP contribution >= 0.6 is 0 Å². The molecule has 2 N–H and O–H groups in total. The average molecular weight is 652 g/mol. The maximum atomic E-state index is 14.7. The maximum Gasteiger partial charge on any atom is 0.247 e. The second kappa shape index (κ2) is 13.0. The summed E-state index contributed by atoms with van der Waals surface area (Å²) in [4.78, 5) is 31.6. The smallest absolute Gasteiger partial charge is 0.247 e. The Morgan fingerprint density at radius 3 is 2.60 bits per heavy atom. The van der Waals surface area contributed by atoms with Crippen LogP contribution in [0.4, 0.5) is 41.9 Å². The topological polar surface area (TPSA) is 104 Å². The number of nitrogens with one attached hydrogen (secondary N) is 2. The molecule has 3 atom stereocenters. The molecule has 11 nitrogen and oxygen atoms in total. The standard InChI is InChI=1S/C33H36F3N7O4/c1-3-31(44)40-24-13-25(28(45-2)14-27(24)41-9-6-19(7-10-41)42-16-21-12-20(42)17-46-21)39-29-15-30(38-18-37-29)43-26(8-11-47-43)32-22(34)4-5-23(35)33(32)36/h3-5,13-15,18-21,26H,1,6-12,16-17H2,2H3,(H,40,44)(H,37,38,39)/t20-,21-,26-/m1/s1. The fraction of sp³-hybridized carbons (Fsp3) is 0.424. The summed E-state index contributed by atoms with van der Waals surface area (Å²) in [6.07, 6.45) is 6.17. The lowest BCUT2D eigenvalue weighted by Crippen LogP contribution is -2.49. The Balaban J connectivity index is 1.13. The Morgan fingerprint density at radius 1 is 1.06 bits per heavy atom. The Bertz CT molecular complexity index is 1670. The number of carbonyl (C=O) groups excluding carboxylic acids is 1. The van der Waals surface area contributed by atoms with Gasteiger partial charge in [0.25, 0.3) is 0 Å². The van der Waals surface area contributed by atoms with E-state index >= 15 is 0 Å². The molecular weight excluding hydrogens is 615 g/mol. The van der Waals surface area contributed by atoms with Gasteiger partial charge in [-0.2, -0.15) is 0 Å². The van der Waals surface area contributed by atoms with Crippen LogP contribution in [0.15, 0.2) is 49.3 Å². The lowest BCUT2D eigenvalue weighted by atomic mass is 10.0. The normalized spacial score (nSPS) is 22.9. The number of hydroxylamine groups is 1. The van der Waals surface area contributed by atoms with Crippen LogP contribution in [0.3, 0.4) is 0 Å². The number of anilines is 5. The summed E-state index contributed by atoms with van der Waals surface area (Å²) < 4.78 is 55.0. The maximum absolute atomic E-state index is 14.7. The average Bonchev–Trinajstić information content (AvgIpc) is 3.86. The van der Waals surface area contributed by atoms with Crippen molar-refractivity contribution in [2.75, 3.05) is 60.6 Å². The quantitative estimate of drug-likeness (QED) is 0.240. The molecule has 47 heavy (non-hydrogen) atoms. The van der Waals surface area contributed by atoms with Crippen molar-refractivity contribution in [2.45, 2.75) is 49.9 Å². The molecule has 4 saturated heterocycles. The molecule has 4 fully saturated rings. The first-order valence-electron chi connectivity index (χ1n) is 15.7. The molecule has 5 heterocycles. The third kappa shape index (κ3) is 6.08. The van der Waals surface area contributed by atoms with Crippen LogP contribution in [-0.2, 0) is 14.4 Å². The number of benzene rings is 2. The molecule has 0 aliphatic carbocycles. The number of amides is 1. The van der Waals surface area contributed by atoms with Crippen molar-refractivity contribution in [2.24, 2.45) is 0 Å². The second-order valence-electron chi connectivity index (χ2n) is 12.1. The summed E-state index contributed by atoms with van der Waals surface area (Å²) in [6.45, 7) is 7.19. The first-order chi connectivity index (χ1) is 22.8. The van der Waals surface area contributed by atoms with Crippen molar-refractivity contribution in [3.8, 4) is 5.75 Å². The summed E-state index contributed by atoms with van der Waals surface area (Å²) in [6, 6.07) is 6.91. The van der Waals surface area contributed by atoms with Crippen LogP contribution in [-0.4, -0.2) is 78.9 Å². The van der Waals surface area contributed by atoms with Crippen LogP contribution in [0.5, 0.6) is 5.75 Å². The molecule has 7 rings (SSSR count). The molecule has 0 saturated carbocycles. The predicted octanol–water partition coefficient (Wildman–Crippen LogP) is 5.10. The summed E-state index contributed by atoms with van der Waals surface area (Å²) in [5.41, 5.74) is 1.47. The first-order valence-corrected chi connectivity index (χ1v) is 15.7. The number of hydrogen-bond acceptors (Lipinski definition) is 10. The van der Waals surface area contributed by atoms with Gasteiger partial charge in [0.1, 0.15) is 23.7 Å². The van der Waals surface area contributed by atoms with Crippen molar-refractivity contribution in [1.82, 2.24) is 14.9 Å². The molecule has 0 radical (unpaired) electrons. The van der Waals surface area contributed by atoms with Gasteiger partial charge in [0.2, 0.25) is 5.91 Å². The Kier molecular flexibility index (Phi) is 8.64. The van der Waals surface area contributed by atoms with E-state index in [0.29, 0.717) is 41.1 Å². The largest absolute Gasteiger partial charge is 0.494 e. The minimum atomic E-state index is -1.27. The van der Waals surface area contributed by atoms with Crippen LogP contribution in [0.2, 0.25) is 0 Å². The van der Waals surface area contributed by atoms with Crippen LogP contribution in [0, 0.1) is 17.5 Å². The lowest BCUT2D eigenvalue weighted by Gasteiger charge is -2.41. The van der Waals surface area contributed by atoms with Crippen LogP contribution in [0.25, 0.3) is 0 Å². The molecule has 2 aromatic carbocycles. The molecule has 4 aliphatic heterocycles. The number of carbonyl (C=O) groups is 1. The van der Waals surface area contributed by atoms with Crippen molar-refractivity contribution >= 4 is 34.6 Å². The minimum Gasteiger partial charge on any atom is -0.494 e. The number of hydrogen-bond donors (Lipinski definition) is 2. The number of piperidine rings is 1.